The number of amides is 1. The van der Waals surface area contributed by atoms with Crippen molar-refractivity contribution in [3.8, 4) is 0 Å². The molecule has 0 bridgehead atoms. The zero-order chi connectivity index (χ0) is 27.4. The second-order valence-electron chi connectivity index (χ2n) is 9.29. The Bertz CT molecular complexity index is 1420. The molecule has 1 aliphatic heterocycles. The number of hydrogen-bond acceptors (Lipinski definition) is 7. The summed E-state index contributed by atoms with van der Waals surface area (Å²) in [6.45, 7) is 4.58. The van der Waals surface area contributed by atoms with Crippen molar-refractivity contribution in [1.29, 1.82) is 0 Å². The Morgan fingerprint density at radius 2 is 1.82 bits per heavy atom. The van der Waals surface area contributed by atoms with Crippen molar-refractivity contribution in [2.45, 2.75) is 44.2 Å². The van der Waals surface area contributed by atoms with E-state index in [1.54, 1.807) is 50.2 Å². The number of nitrogens with one attached hydrogen (secondary N) is 1. The maximum absolute atomic E-state index is 13.2. The Morgan fingerprint density at radius 3 is 2.42 bits per heavy atom. The van der Waals surface area contributed by atoms with Gasteiger partial charge in [-0.1, -0.05) is 55.3 Å². The fourth-order valence-electron chi connectivity index (χ4n) is 3.96. The third-order valence-electron chi connectivity index (χ3n) is 6.09. The molecule has 0 saturated heterocycles. The highest BCUT2D eigenvalue weighted by Gasteiger charge is 2.36. The summed E-state index contributed by atoms with van der Waals surface area (Å²) in [4.78, 5) is 26.1. The van der Waals surface area contributed by atoms with Gasteiger partial charge in [0.1, 0.15) is 17.8 Å². The highest BCUT2D eigenvalue weighted by atomic mass is 35.5. The average Bonchev–Trinajstić information content (AvgIpc) is 3.57. The summed E-state index contributed by atoms with van der Waals surface area (Å²) in [6.07, 6.45) is 1.89. The van der Waals surface area contributed by atoms with Crippen molar-refractivity contribution >= 4 is 39.2 Å². The molecule has 3 aromatic rings. The van der Waals surface area contributed by atoms with Gasteiger partial charge in [-0.2, -0.15) is 9.82 Å². The van der Waals surface area contributed by atoms with E-state index in [-0.39, 0.29) is 4.90 Å². The molecule has 11 heteroatoms. The van der Waals surface area contributed by atoms with Crippen LogP contribution in [0.2, 0.25) is 5.02 Å². The van der Waals surface area contributed by atoms with E-state index >= 15 is 0 Å². The third kappa shape index (κ3) is 6.32. The summed E-state index contributed by atoms with van der Waals surface area (Å²) in [7, 11) is -3.99. The number of ether oxygens (including phenoxy) is 1. The minimum absolute atomic E-state index is 0.0278. The third-order valence-corrected chi connectivity index (χ3v) is 7.80. The van der Waals surface area contributed by atoms with Gasteiger partial charge < -0.3 is 9.15 Å². The van der Waals surface area contributed by atoms with Crippen LogP contribution in [0.4, 0.5) is 0 Å². The summed E-state index contributed by atoms with van der Waals surface area (Å²) in [5.41, 5.74) is 2.34. The lowest BCUT2D eigenvalue weighted by Crippen LogP contribution is -2.46. The van der Waals surface area contributed by atoms with Crippen molar-refractivity contribution in [1.82, 2.24) is 9.73 Å². The molecule has 2 atom stereocenters. The van der Waals surface area contributed by atoms with Gasteiger partial charge >= 0.3 is 5.97 Å². The predicted molar refractivity (Wildman–Crippen MR) is 142 cm³/mol. The molecule has 1 amide bonds. The number of sulfonamides is 1. The van der Waals surface area contributed by atoms with E-state index in [0.717, 1.165) is 11.1 Å². The summed E-state index contributed by atoms with van der Waals surface area (Å²) >= 11 is 6.00. The van der Waals surface area contributed by atoms with E-state index < -0.39 is 46.5 Å². The SMILES string of the molecule is Cc1ccc(S(=O)(=O)N[C@H](C(=O)OCC(=O)N2N=C(c3ccc(Cl)cc3)C[C@H]2c2ccco2)C(C)C)cc1. The van der Waals surface area contributed by atoms with Gasteiger partial charge in [0, 0.05) is 11.4 Å². The predicted octanol–water partition coefficient (Wildman–Crippen LogP) is 4.47. The Kier molecular flexibility index (Phi) is 8.35. The molecule has 9 nitrogen and oxygen atoms in total. The lowest BCUT2D eigenvalue weighted by atomic mass is 10.0. The average molecular weight is 558 g/mol. The van der Waals surface area contributed by atoms with Crippen LogP contribution in [0.1, 0.15) is 43.2 Å². The van der Waals surface area contributed by atoms with Gasteiger partial charge in [-0.3, -0.25) is 9.59 Å². The summed E-state index contributed by atoms with van der Waals surface area (Å²) < 4.78 is 38.9. The van der Waals surface area contributed by atoms with Crippen molar-refractivity contribution in [2.75, 3.05) is 6.61 Å². The van der Waals surface area contributed by atoms with Crippen LogP contribution in [0.25, 0.3) is 0 Å². The monoisotopic (exact) mass is 557 g/mol. The number of carbonyl (C=O) groups is 2. The van der Waals surface area contributed by atoms with Crippen LogP contribution in [0.5, 0.6) is 0 Å². The number of halogens is 1. The van der Waals surface area contributed by atoms with Crippen LogP contribution >= 0.6 is 11.6 Å². The van der Waals surface area contributed by atoms with Gasteiger partial charge in [0.15, 0.2) is 6.61 Å². The number of benzene rings is 2. The van der Waals surface area contributed by atoms with E-state index in [0.29, 0.717) is 22.9 Å². The first-order valence-electron chi connectivity index (χ1n) is 12.0. The van der Waals surface area contributed by atoms with Crippen molar-refractivity contribution in [3.05, 3.63) is 88.8 Å². The molecule has 2 aromatic carbocycles. The van der Waals surface area contributed by atoms with Crippen LogP contribution in [-0.2, 0) is 24.3 Å². The fourth-order valence-corrected chi connectivity index (χ4v) is 5.42. The Balaban J connectivity index is 1.47. The molecule has 0 saturated carbocycles. The number of hydrazone groups is 1. The minimum Gasteiger partial charge on any atom is -0.467 e. The van der Waals surface area contributed by atoms with Gasteiger partial charge in [0.05, 0.1) is 16.9 Å². The van der Waals surface area contributed by atoms with E-state index in [1.807, 2.05) is 19.1 Å². The highest BCUT2D eigenvalue weighted by molar-refractivity contribution is 7.89. The van der Waals surface area contributed by atoms with E-state index in [4.69, 9.17) is 20.8 Å². The van der Waals surface area contributed by atoms with E-state index in [1.165, 1.54) is 23.4 Å². The number of carbonyl (C=O) groups excluding carboxylic acids is 2. The number of esters is 1. The van der Waals surface area contributed by atoms with Crippen LogP contribution in [0.15, 0.2) is 81.3 Å². The first kappa shape index (κ1) is 27.6. The molecule has 1 aromatic heterocycles. The molecule has 2 heterocycles. The Morgan fingerprint density at radius 1 is 1.13 bits per heavy atom. The maximum Gasteiger partial charge on any atom is 0.324 e. The summed E-state index contributed by atoms with van der Waals surface area (Å²) in [5.74, 6) is -1.34. The molecule has 1 N–H and O–H groups in total. The fraction of sp³-hybridized carbons (Fsp3) is 0.296. The number of hydrogen-bond donors (Lipinski definition) is 1. The Hall–Kier alpha value is -3.47. The standard InChI is InChI=1S/C27H28ClN3O6S/c1-17(2)26(30-38(34,35)21-12-6-18(3)7-13-21)27(33)37-16-25(32)31-23(24-5-4-14-36-24)15-22(29-31)19-8-10-20(28)11-9-19/h4-14,17,23,26,30H,15-16H2,1-3H3/t23-,26-/m0/s1. The van der Waals surface area contributed by atoms with Gasteiger partial charge in [0.2, 0.25) is 10.0 Å². The lowest BCUT2D eigenvalue weighted by Gasteiger charge is -2.22. The topological polar surface area (TPSA) is 118 Å². The van der Waals surface area contributed by atoms with E-state index in [9.17, 15) is 18.0 Å². The first-order valence-corrected chi connectivity index (χ1v) is 13.9. The van der Waals surface area contributed by atoms with Crippen molar-refractivity contribution in [2.24, 2.45) is 11.0 Å². The Labute approximate surface area is 226 Å². The molecule has 0 spiro atoms. The molecule has 0 unspecified atom stereocenters. The molecule has 0 aliphatic carbocycles. The zero-order valence-electron chi connectivity index (χ0n) is 21.1. The van der Waals surface area contributed by atoms with Gasteiger partial charge in [-0.25, -0.2) is 13.4 Å². The highest BCUT2D eigenvalue weighted by Crippen LogP contribution is 2.33. The summed E-state index contributed by atoms with van der Waals surface area (Å²) in [6, 6.07) is 15.1. The summed E-state index contributed by atoms with van der Waals surface area (Å²) in [5, 5.41) is 6.29. The smallest absolute Gasteiger partial charge is 0.324 e. The van der Waals surface area contributed by atoms with Crippen LogP contribution in [0.3, 0.4) is 0 Å². The first-order chi connectivity index (χ1) is 18.0. The maximum atomic E-state index is 13.2. The molecule has 1 aliphatic rings. The second kappa shape index (κ2) is 11.5. The molecule has 38 heavy (non-hydrogen) atoms. The molecule has 4 rings (SSSR count). The number of nitrogens with zero attached hydrogens (tertiary/aromatic N) is 2. The second-order valence-corrected chi connectivity index (χ2v) is 11.4. The van der Waals surface area contributed by atoms with Crippen molar-refractivity contribution < 1.29 is 27.2 Å². The molecule has 0 radical (unpaired) electrons. The number of rotatable bonds is 9. The van der Waals surface area contributed by atoms with Crippen LogP contribution in [-0.4, -0.2) is 43.7 Å². The van der Waals surface area contributed by atoms with Crippen molar-refractivity contribution in [3.63, 3.8) is 0 Å². The van der Waals surface area contributed by atoms with Gasteiger partial charge in [0.25, 0.3) is 5.91 Å². The van der Waals surface area contributed by atoms with E-state index in [2.05, 4.69) is 9.82 Å². The zero-order valence-corrected chi connectivity index (χ0v) is 22.7. The van der Waals surface area contributed by atoms with Crippen LogP contribution in [0, 0.1) is 12.8 Å². The quantitative estimate of drug-likeness (QED) is 0.388. The minimum atomic E-state index is -3.99. The molecule has 200 valence electrons. The van der Waals surface area contributed by atoms with Crippen LogP contribution < -0.4 is 4.72 Å². The lowest BCUT2D eigenvalue weighted by molar-refractivity contribution is -0.155. The normalized spacial score (nSPS) is 16.4. The van der Waals surface area contributed by atoms with Gasteiger partial charge in [-0.05, 0) is 54.8 Å². The van der Waals surface area contributed by atoms with Gasteiger partial charge in [-0.15, -0.1) is 0 Å². The molecule has 0 fully saturated rings. The molecular formula is C27H28ClN3O6S. The largest absolute Gasteiger partial charge is 0.467 e. The number of aryl methyl sites for hydroxylation is 1. The number of furan rings is 1. The molecular weight excluding hydrogens is 530 g/mol.